The maximum absolute atomic E-state index is 12.8. The van der Waals surface area contributed by atoms with Crippen molar-refractivity contribution in [1.29, 1.82) is 0 Å². The van der Waals surface area contributed by atoms with Gasteiger partial charge in [-0.2, -0.15) is 0 Å². The minimum Gasteiger partial charge on any atom is -0.342 e. The van der Waals surface area contributed by atoms with Crippen LogP contribution in [0.1, 0.15) is 31.7 Å². The third-order valence-corrected chi connectivity index (χ3v) is 4.09. The molecule has 1 saturated heterocycles. The third kappa shape index (κ3) is 5.29. The summed E-state index contributed by atoms with van der Waals surface area (Å²) in [5, 5.41) is 0. The molecule has 0 aromatic heterocycles. The lowest BCUT2D eigenvalue weighted by atomic mass is 9.92. The highest BCUT2D eigenvalue weighted by Gasteiger charge is 2.25. The fourth-order valence-electron chi connectivity index (χ4n) is 2.73. The summed E-state index contributed by atoms with van der Waals surface area (Å²) in [5.74, 6) is 0.356. The average Bonchev–Trinajstić information content (AvgIpc) is 2.46. The van der Waals surface area contributed by atoms with E-state index in [2.05, 4.69) is 0 Å². The molecule has 0 radical (unpaired) electrons. The molecule has 1 amide bonds. The highest BCUT2D eigenvalue weighted by atomic mass is 35.5. The molecule has 118 valence electrons. The number of nitrogens with zero attached hydrogens (tertiary/aromatic N) is 1. The molecule has 2 unspecified atom stereocenters. The lowest BCUT2D eigenvalue weighted by Crippen LogP contribution is -2.45. The second kappa shape index (κ2) is 8.35. The smallest absolute Gasteiger partial charge is 0.222 e. The Morgan fingerprint density at radius 2 is 2.10 bits per heavy atom. The van der Waals surface area contributed by atoms with Crippen molar-refractivity contribution in [2.45, 2.75) is 38.6 Å². The Morgan fingerprint density at radius 1 is 1.43 bits per heavy atom. The Bertz CT molecular complexity index is 450. The number of rotatable bonds is 4. The first kappa shape index (κ1) is 17.9. The molecule has 1 heterocycles. The Morgan fingerprint density at radius 3 is 2.71 bits per heavy atom. The summed E-state index contributed by atoms with van der Waals surface area (Å²) >= 11 is 0. The van der Waals surface area contributed by atoms with Gasteiger partial charge in [-0.1, -0.05) is 12.1 Å². The molecule has 0 aliphatic carbocycles. The van der Waals surface area contributed by atoms with Gasteiger partial charge in [-0.3, -0.25) is 4.79 Å². The molecule has 0 spiro atoms. The lowest BCUT2D eigenvalue weighted by molar-refractivity contribution is -0.133. The summed E-state index contributed by atoms with van der Waals surface area (Å²) in [6.45, 7) is 3.63. The quantitative estimate of drug-likeness (QED) is 0.929. The topological polar surface area (TPSA) is 46.3 Å². The van der Waals surface area contributed by atoms with Crippen molar-refractivity contribution in [3.05, 3.63) is 35.6 Å². The summed E-state index contributed by atoms with van der Waals surface area (Å²) in [6, 6.07) is 6.50. The summed E-state index contributed by atoms with van der Waals surface area (Å²) in [4.78, 5) is 14.1. The number of halogens is 2. The minimum atomic E-state index is -0.240. The average molecular weight is 315 g/mol. The molecule has 21 heavy (non-hydrogen) atoms. The van der Waals surface area contributed by atoms with E-state index in [0.717, 1.165) is 31.5 Å². The summed E-state index contributed by atoms with van der Waals surface area (Å²) < 4.78 is 12.8. The zero-order valence-corrected chi connectivity index (χ0v) is 13.2. The number of amides is 1. The van der Waals surface area contributed by atoms with Gasteiger partial charge in [0.2, 0.25) is 5.91 Å². The fourth-order valence-corrected chi connectivity index (χ4v) is 2.73. The second-order valence-electron chi connectivity index (χ2n) is 5.73. The summed E-state index contributed by atoms with van der Waals surface area (Å²) in [7, 11) is 0. The van der Waals surface area contributed by atoms with E-state index < -0.39 is 0 Å². The van der Waals surface area contributed by atoms with E-state index in [4.69, 9.17) is 5.73 Å². The van der Waals surface area contributed by atoms with Crippen molar-refractivity contribution in [3.8, 4) is 0 Å². The molecule has 1 aliphatic heterocycles. The highest BCUT2D eigenvalue weighted by Crippen LogP contribution is 2.19. The van der Waals surface area contributed by atoms with Crippen LogP contribution in [0.3, 0.4) is 0 Å². The first-order valence-electron chi connectivity index (χ1n) is 7.34. The number of likely N-dealkylation sites (tertiary alicyclic amines) is 1. The summed E-state index contributed by atoms with van der Waals surface area (Å²) in [5.41, 5.74) is 6.94. The van der Waals surface area contributed by atoms with Crippen LogP contribution in [-0.2, 0) is 11.2 Å². The molecule has 2 atom stereocenters. The minimum absolute atomic E-state index is 0. The number of piperidine rings is 1. The monoisotopic (exact) mass is 314 g/mol. The Kier molecular flexibility index (Phi) is 7.12. The van der Waals surface area contributed by atoms with Crippen molar-refractivity contribution in [2.24, 2.45) is 11.7 Å². The highest BCUT2D eigenvalue weighted by molar-refractivity contribution is 5.85. The van der Waals surface area contributed by atoms with Crippen LogP contribution in [-0.4, -0.2) is 29.9 Å². The predicted molar refractivity (Wildman–Crippen MR) is 84.9 cm³/mol. The molecule has 2 rings (SSSR count). The van der Waals surface area contributed by atoms with Gasteiger partial charge in [0.25, 0.3) is 0 Å². The van der Waals surface area contributed by atoms with E-state index in [1.807, 2.05) is 11.8 Å². The van der Waals surface area contributed by atoms with Crippen LogP contribution < -0.4 is 5.73 Å². The van der Waals surface area contributed by atoms with Crippen molar-refractivity contribution in [3.63, 3.8) is 0 Å². The largest absolute Gasteiger partial charge is 0.342 e. The van der Waals surface area contributed by atoms with Crippen molar-refractivity contribution in [1.82, 2.24) is 4.90 Å². The molecule has 2 N–H and O–H groups in total. The summed E-state index contributed by atoms with van der Waals surface area (Å²) in [6.07, 6.45) is 3.30. The van der Waals surface area contributed by atoms with Crippen molar-refractivity contribution < 1.29 is 9.18 Å². The molecule has 5 heteroatoms. The number of nitrogens with two attached hydrogens (primary N) is 1. The number of hydrogen-bond acceptors (Lipinski definition) is 2. The van der Waals surface area contributed by atoms with E-state index >= 15 is 0 Å². The number of carbonyl (C=O) groups excluding carboxylic acids is 1. The zero-order chi connectivity index (χ0) is 14.5. The van der Waals surface area contributed by atoms with Gasteiger partial charge in [-0.25, -0.2) is 4.39 Å². The molecule has 1 aromatic rings. The Labute approximate surface area is 132 Å². The van der Waals surface area contributed by atoms with Crippen molar-refractivity contribution in [2.75, 3.05) is 13.1 Å². The third-order valence-electron chi connectivity index (χ3n) is 4.09. The number of benzene rings is 1. The molecular weight excluding hydrogens is 291 g/mol. The molecule has 3 nitrogen and oxygen atoms in total. The number of hydrogen-bond donors (Lipinski definition) is 1. The van der Waals surface area contributed by atoms with Crippen LogP contribution in [0, 0.1) is 11.7 Å². The number of aryl methyl sites for hydroxylation is 1. The normalized spacial score (nSPS) is 19.8. The maximum Gasteiger partial charge on any atom is 0.222 e. The van der Waals surface area contributed by atoms with E-state index in [1.54, 1.807) is 12.1 Å². The van der Waals surface area contributed by atoms with Crippen LogP contribution in [0.25, 0.3) is 0 Å². The van der Waals surface area contributed by atoms with Crippen LogP contribution in [0.15, 0.2) is 24.3 Å². The Balaban J connectivity index is 0.00000220. The van der Waals surface area contributed by atoms with Gasteiger partial charge >= 0.3 is 0 Å². The van der Waals surface area contributed by atoms with Gasteiger partial charge in [-0.15, -0.1) is 12.4 Å². The van der Waals surface area contributed by atoms with Crippen LogP contribution in [0.4, 0.5) is 4.39 Å². The van der Waals surface area contributed by atoms with Gasteiger partial charge in [0.15, 0.2) is 0 Å². The number of carbonyl (C=O) groups is 1. The van der Waals surface area contributed by atoms with Crippen LogP contribution in [0.2, 0.25) is 0 Å². The molecular formula is C16H24ClFN2O. The van der Waals surface area contributed by atoms with Gasteiger partial charge in [0.05, 0.1) is 0 Å². The zero-order valence-electron chi connectivity index (χ0n) is 12.4. The second-order valence-corrected chi connectivity index (χ2v) is 5.73. The van der Waals surface area contributed by atoms with E-state index in [1.165, 1.54) is 12.1 Å². The molecule has 1 aliphatic rings. The first-order chi connectivity index (χ1) is 9.56. The maximum atomic E-state index is 12.8. The van der Waals surface area contributed by atoms with Gasteiger partial charge in [-0.05, 0) is 49.8 Å². The van der Waals surface area contributed by atoms with Crippen molar-refractivity contribution >= 4 is 18.3 Å². The molecule has 0 bridgehead atoms. The van der Waals surface area contributed by atoms with Crippen LogP contribution in [0.5, 0.6) is 0 Å². The SMILES string of the molecule is CC(N)C1CCCN(C(=O)CCc2ccc(F)cc2)C1.Cl. The molecule has 1 fully saturated rings. The fraction of sp³-hybridized carbons (Fsp3) is 0.562. The first-order valence-corrected chi connectivity index (χ1v) is 7.34. The molecule has 1 aromatic carbocycles. The van der Waals surface area contributed by atoms with E-state index in [9.17, 15) is 9.18 Å². The predicted octanol–water partition coefficient (Wildman–Crippen LogP) is 2.77. The van der Waals surface area contributed by atoms with Crippen LogP contribution >= 0.6 is 12.4 Å². The Hall–Kier alpha value is -1.13. The standard InChI is InChI=1S/C16H23FN2O.ClH/c1-12(18)14-3-2-10-19(11-14)16(20)9-6-13-4-7-15(17)8-5-13;/h4-5,7-8,12,14H,2-3,6,9-11,18H2,1H3;1H. The van der Waals surface area contributed by atoms with Gasteiger partial charge in [0, 0.05) is 25.6 Å². The lowest BCUT2D eigenvalue weighted by Gasteiger charge is -2.34. The van der Waals surface area contributed by atoms with E-state index in [-0.39, 0.29) is 30.2 Å². The van der Waals surface area contributed by atoms with Gasteiger partial charge in [0.1, 0.15) is 5.82 Å². The molecule has 0 saturated carbocycles. The van der Waals surface area contributed by atoms with E-state index in [0.29, 0.717) is 18.8 Å². The van der Waals surface area contributed by atoms with Gasteiger partial charge < -0.3 is 10.6 Å².